The number of halogens is 3. The van der Waals surface area contributed by atoms with Gasteiger partial charge >= 0.3 is 0 Å². The summed E-state index contributed by atoms with van der Waals surface area (Å²) in [6.45, 7) is 1.57. The molecule has 0 amide bonds. The van der Waals surface area contributed by atoms with Crippen molar-refractivity contribution in [1.82, 2.24) is 19.4 Å². The molecule has 200 valence electrons. The van der Waals surface area contributed by atoms with Crippen LogP contribution in [0, 0.1) is 23.0 Å². The first kappa shape index (κ1) is 26.4. The Labute approximate surface area is 223 Å². The van der Waals surface area contributed by atoms with Gasteiger partial charge in [0.05, 0.1) is 29.2 Å². The molecule has 1 saturated heterocycles. The molecule has 0 spiro atoms. The maximum absolute atomic E-state index is 14.5. The van der Waals surface area contributed by atoms with Crippen molar-refractivity contribution < 1.29 is 22.7 Å². The normalized spacial score (nSPS) is 17.4. The van der Waals surface area contributed by atoms with Crippen molar-refractivity contribution in [3.05, 3.63) is 88.5 Å². The number of benzene rings is 2. The summed E-state index contributed by atoms with van der Waals surface area (Å²) in [7, 11) is 1.87. The van der Waals surface area contributed by atoms with Gasteiger partial charge in [-0.3, -0.25) is 14.7 Å². The molecule has 0 aliphatic carbocycles. The summed E-state index contributed by atoms with van der Waals surface area (Å²) in [5.74, 6) is -0.844. The molecule has 39 heavy (non-hydrogen) atoms. The summed E-state index contributed by atoms with van der Waals surface area (Å²) in [6.07, 6.45) is 0.498. The number of aryl methyl sites for hydroxylation is 1. The van der Waals surface area contributed by atoms with Gasteiger partial charge in [0.25, 0.3) is 0 Å². The van der Waals surface area contributed by atoms with E-state index in [2.05, 4.69) is 4.98 Å². The van der Waals surface area contributed by atoms with Crippen LogP contribution in [0.4, 0.5) is 13.2 Å². The predicted octanol–water partition coefficient (Wildman–Crippen LogP) is 5.23. The van der Waals surface area contributed by atoms with Crippen LogP contribution in [0.15, 0.2) is 48.5 Å². The molecule has 0 N–H and O–H groups in total. The van der Waals surface area contributed by atoms with Crippen LogP contribution in [0.2, 0.25) is 0 Å². The van der Waals surface area contributed by atoms with Gasteiger partial charge in [-0.05, 0) is 61.9 Å². The van der Waals surface area contributed by atoms with Crippen molar-refractivity contribution in [2.45, 2.75) is 38.5 Å². The van der Waals surface area contributed by atoms with Crippen molar-refractivity contribution >= 4 is 16.8 Å². The lowest BCUT2D eigenvalue weighted by molar-refractivity contribution is 0.101. The first-order chi connectivity index (χ1) is 18.8. The number of aromatic nitrogens is 3. The number of rotatable bonds is 8. The van der Waals surface area contributed by atoms with Crippen LogP contribution in [0.25, 0.3) is 11.0 Å². The quantitative estimate of drug-likeness (QED) is 0.289. The van der Waals surface area contributed by atoms with Crippen molar-refractivity contribution in [3.8, 4) is 11.8 Å². The minimum atomic E-state index is -0.720. The first-order valence-electron chi connectivity index (χ1n) is 12.5. The standard InChI is InChI=1S/C29H26F3N5O2/c1-17(38)19-4-6-25-27(11-19)36(2)29(35-25)15-37-14-20(10-21(37)12-30)24-7-5-22(31)26(34-24)16-39-28-8-3-18(13-33)9-23(28)32/h3-9,11,20-21H,10,12,14-16H2,1-2H3. The van der Waals surface area contributed by atoms with E-state index in [-0.39, 0.29) is 41.4 Å². The number of pyridine rings is 1. The van der Waals surface area contributed by atoms with Gasteiger partial charge in [-0.15, -0.1) is 0 Å². The third-order valence-electron chi connectivity index (χ3n) is 7.21. The van der Waals surface area contributed by atoms with Gasteiger partial charge in [-0.2, -0.15) is 5.26 Å². The molecule has 1 fully saturated rings. The van der Waals surface area contributed by atoms with Gasteiger partial charge in [0.1, 0.15) is 30.6 Å². The van der Waals surface area contributed by atoms with Crippen LogP contribution in [0.1, 0.15) is 52.4 Å². The molecule has 0 bridgehead atoms. The number of Topliss-reactive ketones (excluding diaryl/α,β-unsaturated/α-hetero) is 1. The second-order valence-electron chi connectivity index (χ2n) is 9.73. The third-order valence-corrected chi connectivity index (χ3v) is 7.21. The first-order valence-corrected chi connectivity index (χ1v) is 12.5. The van der Waals surface area contributed by atoms with Crippen LogP contribution < -0.4 is 4.74 Å². The molecule has 1 aliphatic heterocycles. The Balaban J connectivity index is 1.32. The summed E-state index contributed by atoms with van der Waals surface area (Å²) in [5.41, 5.74) is 2.96. The molecule has 1 aliphatic rings. The average Bonchev–Trinajstić information content (AvgIpc) is 3.48. The maximum Gasteiger partial charge on any atom is 0.166 e. The SMILES string of the molecule is CC(=O)c1ccc2nc(CN3CC(c4ccc(F)c(COc5ccc(C#N)cc5F)n4)CC3CF)n(C)c2c1. The minimum absolute atomic E-state index is 0.0168. The maximum atomic E-state index is 14.5. The Morgan fingerprint density at radius 1 is 1.13 bits per heavy atom. The Hall–Kier alpha value is -4.23. The van der Waals surface area contributed by atoms with Gasteiger partial charge < -0.3 is 9.30 Å². The number of nitrogens with zero attached hydrogens (tertiary/aromatic N) is 5. The largest absolute Gasteiger partial charge is 0.484 e. The average molecular weight is 534 g/mol. The summed E-state index contributed by atoms with van der Waals surface area (Å²) in [4.78, 5) is 22.9. The van der Waals surface area contributed by atoms with E-state index in [1.165, 1.54) is 25.1 Å². The van der Waals surface area contributed by atoms with Crippen LogP contribution in [0.3, 0.4) is 0 Å². The monoisotopic (exact) mass is 533 g/mol. The summed E-state index contributed by atoms with van der Waals surface area (Å²) >= 11 is 0. The fourth-order valence-corrected chi connectivity index (χ4v) is 5.00. The van der Waals surface area contributed by atoms with Crippen molar-refractivity contribution in [1.29, 1.82) is 5.26 Å². The number of ketones is 1. The van der Waals surface area contributed by atoms with E-state index >= 15 is 0 Å². The minimum Gasteiger partial charge on any atom is -0.484 e. The Morgan fingerprint density at radius 2 is 1.95 bits per heavy atom. The molecule has 5 rings (SSSR count). The number of ether oxygens (including phenoxy) is 1. The van der Waals surface area contributed by atoms with E-state index in [0.717, 1.165) is 22.9 Å². The highest BCUT2D eigenvalue weighted by atomic mass is 19.1. The zero-order valence-electron chi connectivity index (χ0n) is 21.5. The molecular weight excluding hydrogens is 507 g/mol. The van der Waals surface area contributed by atoms with Gasteiger partial charge in [0.15, 0.2) is 17.3 Å². The van der Waals surface area contributed by atoms with E-state index in [4.69, 9.17) is 15.0 Å². The number of alkyl halides is 1. The van der Waals surface area contributed by atoms with Crippen LogP contribution in [-0.2, 0) is 20.2 Å². The number of carbonyl (C=O) groups excluding carboxylic acids is 1. The van der Waals surface area contributed by atoms with E-state index < -0.39 is 18.3 Å². The fraction of sp³-hybridized carbons (Fsp3) is 0.310. The van der Waals surface area contributed by atoms with Crippen molar-refractivity contribution in [2.75, 3.05) is 13.2 Å². The molecule has 4 aromatic rings. The number of nitriles is 1. The van der Waals surface area contributed by atoms with E-state index in [9.17, 15) is 18.0 Å². The lowest BCUT2D eigenvalue weighted by atomic mass is 10.0. The number of likely N-dealkylation sites (tertiary alicyclic amines) is 1. The summed E-state index contributed by atoms with van der Waals surface area (Å²) < 4.78 is 50.1. The van der Waals surface area contributed by atoms with Crippen LogP contribution in [-0.4, -0.2) is 44.5 Å². The fourth-order valence-electron chi connectivity index (χ4n) is 5.00. The molecule has 3 heterocycles. The van der Waals surface area contributed by atoms with Gasteiger partial charge in [-0.1, -0.05) is 0 Å². The molecule has 7 nitrogen and oxygen atoms in total. The molecule has 2 aromatic carbocycles. The number of hydrogen-bond acceptors (Lipinski definition) is 6. The van der Waals surface area contributed by atoms with Crippen LogP contribution >= 0.6 is 0 Å². The molecule has 2 atom stereocenters. The summed E-state index contributed by atoms with van der Waals surface area (Å²) in [5, 5.41) is 8.88. The Kier molecular flexibility index (Phi) is 7.35. The molecular formula is C29H26F3N5O2. The molecule has 0 saturated carbocycles. The zero-order chi connectivity index (χ0) is 27.7. The highest BCUT2D eigenvalue weighted by Crippen LogP contribution is 2.33. The van der Waals surface area contributed by atoms with Gasteiger partial charge in [0.2, 0.25) is 0 Å². The second kappa shape index (κ2) is 10.9. The lowest BCUT2D eigenvalue weighted by Gasteiger charge is -2.21. The number of carbonyl (C=O) groups is 1. The molecule has 10 heteroatoms. The molecule has 2 unspecified atom stereocenters. The smallest absolute Gasteiger partial charge is 0.166 e. The predicted molar refractivity (Wildman–Crippen MR) is 138 cm³/mol. The Bertz CT molecular complexity index is 1600. The lowest BCUT2D eigenvalue weighted by Crippen LogP contribution is -2.31. The van der Waals surface area contributed by atoms with Gasteiger partial charge in [0, 0.05) is 36.8 Å². The second-order valence-corrected chi connectivity index (χ2v) is 9.73. The highest BCUT2D eigenvalue weighted by Gasteiger charge is 2.35. The molecule has 2 aromatic heterocycles. The third kappa shape index (κ3) is 5.36. The van der Waals surface area contributed by atoms with Crippen molar-refractivity contribution in [2.24, 2.45) is 7.05 Å². The van der Waals surface area contributed by atoms with E-state index in [1.54, 1.807) is 12.1 Å². The van der Waals surface area contributed by atoms with Crippen LogP contribution in [0.5, 0.6) is 5.75 Å². The van der Waals surface area contributed by atoms with Gasteiger partial charge in [-0.25, -0.2) is 18.2 Å². The Morgan fingerprint density at radius 3 is 2.67 bits per heavy atom. The zero-order valence-corrected chi connectivity index (χ0v) is 21.5. The number of hydrogen-bond donors (Lipinski definition) is 0. The topological polar surface area (TPSA) is 84.0 Å². The summed E-state index contributed by atoms with van der Waals surface area (Å²) in [6, 6.07) is 13.5. The number of imidazole rings is 1. The van der Waals surface area contributed by atoms with E-state index in [0.29, 0.717) is 30.8 Å². The number of fused-ring (bicyclic) bond motifs is 1. The molecule has 0 radical (unpaired) electrons. The van der Waals surface area contributed by atoms with Crippen molar-refractivity contribution in [3.63, 3.8) is 0 Å². The highest BCUT2D eigenvalue weighted by molar-refractivity contribution is 5.97. The van der Waals surface area contributed by atoms with E-state index in [1.807, 2.05) is 34.7 Å².